The van der Waals surface area contributed by atoms with E-state index in [1.165, 1.54) is 18.2 Å². The highest BCUT2D eigenvalue weighted by atomic mass is 19.1. The van der Waals surface area contributed by atoms with Crippen molar-refractivity contribution in [2.24, 2.45) is 0 Å². The van der Waals surface area contributed by atoms with Crippen molar-refractivity contribution in [3.63, 3.8) is 0 Å². The number of nitrogens with zero attached hydrogens (tertiary/aromatic N) is 4. The summed E-state index contributed by atoms with van der Waals surface area (Å²) in [7, 11) is 4.01. The predicted molar refractivity (Wildman–Crippen MR) is 107 cm³/mol. The van der Waals surface area contributed by atoms with Gasteiger partial charge in [-0.05, 0) is 51.3 Å². The second-order valence-electron chi connectivity index (χ2n) is 6.50. The molecule has 0 spiro atoms. The molecule has 1 aromatic carbocycles. The van der Waals surface area contributed by atoms with Gasteiger partial charge in [0.25, 0.3) is 0 Å². The number of benzene rings is 1. The highest BCUT2D eigenvalue weighted by Gasteiger charge is 2.12. The van der Waals surface area contributed by atoms with E-state index in [1.54, 1.807) is 18.5 Å². The summed E-state index contributed by atoms with van der Waals surface area (Å²) in [5.41, 5.74) is 1.19. The maximum Gasteiger partial charge on any atom is 0.225 e. The summed E-state index contributed by atoms with van der Waals surface area (Å²) in [5.74, 6) is -0.706. The van der Waals surface area contributed by atoms with E-state index >= 15 is 0 Å². The van der Waals surface area contributed by atoms with Crippen LogP contribution in [0.3, 0.4) is 0 Å². The summed E-state index contributed by atoms with van der Waals surface area (Å²) >= 11 is 0. The Labute approximate surface area is 162 Å². The molecule has 0 unspecified atom stereocenters. The molecule has 6 nitrogen and oxygen atoms in total. The summed E-state index contributed by atoms with van der Waals surface area (Å²) in [4.78, 5) is 15.0. The van der Waals surface area contributed by atoms with Gasteiger partial charge in [0.1, 0.15) is 23.1 Å². The molecule has 3 rings (SSSR count). The van der Waals surface area contributed by atoms with Gasteiger partial charge in [-0.25, -0.2) is 13.8 Å². The minimum absolute atomic E-state index is 0.250. The Balaban J connectivity index is 1.89. The summed E-state index contributed by atoms with van der Waals surface area (Å²) in [6.07, 6.45) is 4.22. The van der Waals surface area contributed by atoms with Crippen molar-refractivity contribution in [2.45, 2.75) is 6.42 Å². The molecule has 2 aromatic heterocycles. The number of para-hydroxylation sites is 1. The van der Waals surface area contributed by atoms with Crippen molar-refractivity contribution in [3.8, 4) is 11.3 Å². The lowest BCUT2D eigenvalue weighted by Gasteiger charge is -2.13. The Kier molecular flexibility index (Phi) is 6.44. The Morgan fingerprint density at radius 1 is 1.00 bits per heavy atom. The van der Waals surface area contributed by atoms with Gasteiger partial charge in [-0.2, -0.15) is 4.98 Å². The summed E-state index contributed by atoms with van der Waals surface area (Å²) in [5, 5.41) is 5.91. The number of pyridine rings is 1. The Bertz CT molecular complexity index is 898. The Morgan fingerprint density at radius 2 is 1.71 bits per heavy atom. The van der Waals surface area contributed by atoms with Crippen LogP contribution in [0.25, 0.3) is 11.3 Å². The van der Waals surface area contributed by atoms with E-state index in [4.69, 9.17) is 0 Å². The van der Waals surface area contributed by atoms with E-state index in [1.807, 2.05) is 26.2 Å². The zero-order valence-electron chi connectivity index (χ0n) is 15.8. The molecule has 146 valence electrons. The monoisotopic (exact) mass is 384 g/mol. The quantitative estimate of drug-likeness (QED) is 0.574. The molecule has 0 saturated carbocycles. The van der Waals surface area contributed by atoms with Crippen LogP contribution in [-0.4, -0.2) is 47.0 Å². The first-order valence-corrected chi connectivity index (χ1v) is 8.92. The third-order valence-corrected chi connectivity index (χ3v) is 3.98. The van der Waals surface area contributed by atoms with Crippen LogP contribution >= 0.6 is 0 Å². The van der Waals surface area contributed by atoms with Gasteiger partial charge in [0, 0.05) is 30.6 Å². The van der Waals surface area contributed by atoms with Crippen LogP contribution in [0.4, 0.5) is 26.2 Å². The van der Waals surface area contributed by atoms with E-state index in [0.29, 0.717) is 24.0 Å². The SMILES string of the molecule is CN(C)CCCNc1nc(Nc2c(F)cccc2F)cc(-c2ccncc2)n1. The molecular weight excluding hydrogens is 362 g/mol. The van der Waals surface area contributed by atoms with Crippen LogP contribution < -0.4 is 10.6 Å². The smallest absolute Gasteiger partial charge is 0.225 e. The van der Waals surface area contributed by atoms with Gasteiger partial charge in [-0.3, -0.25) is 4.98 Å². The van der Waals surface area contributed by atoms with E-state index in [2.05, 4.69) is 30.5 Å². The van der Waals surface area contributed by atoms with E-state index < -0.39 is 11.6 Å². The first-order valence-electron chi connectivity index (χ1n) is 8.92. The molecule has 8 heteroatoms. The van der Waals surface area contributed by atoms with E-state index in [-0.39, 0.29) is 5.69 Å². The average molecular weight is 384 g/mol. The van der Waals surface area contributed by atoms with Crippen LogP contribution in [0, 0.1) is 11.6 Å². The van der Waals surface area contributed by atoms with Crippen LogP contribution in [0.2, 0.25) is 0 Å². The molecule has 0 bridgehead atoms. The number of hydrogen-bond acceptors (Lipinski definition) is 6. The summed E-state index contributed by atoms with van der Waals surface area (Å²) in [6.45, 7) is 1.59. The van der Waals surface area contributed by atoms with Gasteiger partial charge in [-0.1, -0.05) is 6.07 Å². The number of nitrogens with one attached hydrogen (secondary N) is 2. The van der Waals surface area contributed by atoms with Gasteiger partial charge in [0.05, 0.1) is 5.69 Å². The molecule has 0 fully saturated rings. The molecule has 2 N–H and O–H groups in total. The van der Waals surface area contributed by atoms with Gasteiger partial charge in [-0.15, -0.1) is 0 Å². The van der Waals surface area contributed by atoms with Gasteiger partial charge < -0.3 is 15.5 Å². The van der Waals surface area contributed by atoms with Crippen molar-refractivity contribution in [1.29, 1.82) is 0 Å². The van der Waals surface area contributed by atoms with Crippen molar-refractivity contribution >= 4 is 17.5 Å². The minimum Gasteiger partial charge on any atom is -0.354 e. The first-order chi connectivity index (χ1) is 13.5. The molecule has 0 aliphatic heterocycles. The van der Waals surface area contributed by atoms with Crippen molar-refractivity contribution < 1.29 is 8.78 Å². The van der Waals surface area contributed by atoms with Gasteiger partial charge >= 0.3 is 0 Å². The number of rotatable bonds is 8. The zero-order chi connectivity index (χ0) is 19.9. The largest absolute Gasteiger partial charge is 0.354 e. The van der Waals surface area contributed by atoms with E-state index in [9.17, 15) is 8.78 Å². The van der Waals surface area contributed by atoms with E-state index in [0.717, 1.165) is 18.5 Å². The molecule has 3 aromatic rings. The fourth-order valence-electron chi connectivity index (χ4n) is 2.60. The molecule has 0 aliphatic carbocycles. The van der Waals surface area contributed by atoms with Gasteiger partial charge in [0.15, 0.2) is 0 Å². The second kappa shape index (κ2) is 9.18. The molecule has 0 radical (unpaired) electrons. The second-order valence-corrected chi connectivity index (χ2v) is 6.50. The zero-order valence-corrected chi connectivity index (χ0v) is 15.8. The normalized spacial score (nSPS) is 10.9. The lowest BCUT2D eigenvalue weighted by molar-refractivity contribution is 0.405. The van der Waals surface area contributed by atoms with Crippen LogP contribution in [0.5, 0.6) is 0 Å². The fourth-order valence-corrected chi connectivity index (χ4v) is 2.60. The predicted octanol–water partition coefficient (Wildman–Crippen LogP) is 3.92. The maximum absolute atomic E-state index is 14.0. The van der Waals surface area contributed by atoms with Crippen molar-refractivity contribution in [1.82, 2.24) is 19.9 Å². The van der Waals surface area contributed by atoms with Crippen LogP contribution in [0.1, 0.15) is 6.42 Å². The molecule has 0 aliphatic rings. The first kappa shape index (κ1) is 19.6. The average Bonchev–Trinajstić information content (AvgIpc) is 2.69. The Hall–Kier alpha value is -3.13. The maximum atomic E-state index is 14.0. The molecule has 0 amide bonds. The van der Waals surface area contributed by atoms with Crippen LogP contribution in [0.15, 0.2) is 48.8 Å². The molecular formula is C20H22F2N6. The number of anilines is 3. The third kappa shape index (κ3) is 5.20. The highest BCUT2D eigenvalue weighted by Crippen LogP contribution is 2.26. The fraction of sp³-hybridized carbons (Fsp3) is 0.250. The third-order valence-electron chi connectivity index (χ3n) is 3.98. The van der Waals surface area contributed by atoms with Crippen LogP contribution in [-0.2, 0) is 0 Å². The summed E-state index contributed by atoms with van der Waals surface area (Å²) < 4.78 is 28.0. The highest BCUT2D eigenvalue weighted by molar-refractivity contribution is 5.67. The summed E-state index contributed by atoms with van der Waals surface area (Å²) in [6, 6.07) is 8.97. The standard InChI is InChI=1S/C20H22F2N6/c1-28(2)12-4-9-24-20-25-17(14-7-10-23-11-8-14)13-18(27-20)26-19-15(21)5-3-6-16(19)22/h3,5-8,10-11,13H,4,9,12H2,1-2H3,(H2,24,25,26,27). The Morgan fingerprint density at radius 3 is 2.39 bits per heavy atom. The molecule has 0 saturated heterocycles. The molecule has 2 heterocycles. The number of halogens is 2. The molecule has 28 heavy (non-hydrogen) atoms. The lowest BCUT2D eigenvalue weighted by atomic mass is 10.2. The lowest BCUT2D eigenvalue weighted by Crippen LogP contribution is -2.17. The molecule has 0 atom stereocenters. The van der Waals surface area contributed by atoms with Gasteiger partial charge in [0.2, 0.25) is 5.95 Å². The minimum atomic E-state index is -0.690. The van der Waals surface area contributed by atoms with Crippen molar-refractivity contribution in [3.05, 3.63) is 60.4 Å². The van der Waals surface area contributed by atoms with Crippen molar-refractivity contribution in [2.75, 3.05) is 37.8 Å². The topological polar surface area (TPSA) is 66.0 Å². The number of aromatic nitrogens is 3. The number of hydrogen-bond donors (Lipinski definition) is 2.